The van der Waals surface area contributed by atoms with Crippen LogP contribution in [0, 0.1) is 0 Å². The highest BCUT2D eigenvalue weighted by molar-refractivity contribution is 8.30. The third-order valence-corrected chi connectivity index (χ3v) is 14.1. The number of anilines is 2. The first-order valence-corrected chi connectivity index (χ1v) is 22.4. The standard InChI is InChI=1S/C48H47N3O4S3/c1-2-3-4-5-6-13-27-49-46(55)44(58-48(49)56)47-50(31-43(52)53)45(54)42(57-47)30-33-23-26-41-39(29-33)37-19-14-20-40(37)51(41)36-24-21-32(22-25-36)28-38(34-15-9-7-10-16-34)35-17-11-8-12-18-35/h7-12,15-18,21-26,28-30,37,40H,2-6,13-14,19-20,27,31H2,1H3,(H,52,53)/b42-30+,47-44+/t37-,40+/m0/s1. The molecule has 2 atom stereocenters. The molecule has 58 heavy (non-hydrogen) atoms. The van der Waals surface area contributed by atoms with Gasteiger partial charge in [0.2, 0.25) is 0 Å². The predicted octanol–water partition coefficient (Wildman–Crippen LogP) is 9.53. The number of carboxylic acid groups (broad SMARTS) is 1. The molecule has 3 heterocycles. The Balaban J connectivity index is 1.09. The molecule has 1 N–H and O–H groups in total. The first kappa shape index (κ1) is 39.8. The molecule has 2 fully saturated rings. The molecule has 10 heteroatoms. The van der Waals surface area contributed by atoms with E-state index in [9.17, 15) is 19.5 Å². The maximum Gasteiger partial charge on any atom is 0.323 e. The van der Waals surface area contributed by atoms with Crippen molar-refractivity contribution in [2.24, 2.45) is 0 Å². The molecule has 0 bridgehead atoms. The van der Waals surface area contributed by atoms with Gasteiger partial charge in [-0.2, -0.15) is 0 Å². The van der Waals surface area contributed by atoms with E-state index in [0.717, 1.165) is 67.1 Å². The fourth-order valence-electron chi connectivity index (χ4n) is 8.66. The fourth-order valence-corrected chi connectivity index (χ4v) is 11.2. The van der Waals surface area contributed by atoms with E-state index in [2.05, 4.69) is 103 Å². The Morgan fingerprint density at radius 2 is 1.52 bits per heavy atom. The van der Waals surface area contributed by atoms with Gasteiger partial charge in [-0.1, -0.05) is 148 Å². The molecule has 0 radical (unpaired) electrons. The molecular weight excluding hydrogens is 779 g/mol. The molecular formula is C48H47N3O4S3. The minimum absolute atomic E-state index is 0.253. The van der Waals surface area contributed by atoms with Crippen LogP contribution in [-0.4, -0.2) is 43.4 Å². The number of thiocarbonyl (C=S) groups is 1. The molecule has 1 saturated carbocycles. The molecule has 1 aliphatic carbocycles. The highest BCUT2D eigenvalue weighted by Gasteiger charge is 2.42. The minimum atomic E-state index is -1.14. The normalized spacial score (nSPS) is 18.5. The molecule has 8 rings (SSSR count). The summed E-state index contributed by atoms with van der Waals surface area (Å²) in [6.07, 6.45) is 14.0. The lowest BCUT2D eigenvalue weighted by Crippen LogP contribution is -2.35. The Morgan fingerprint density at radius 1 is 0.845 bits per heavy atom. The summed E-state index contributed by atoms with van der Waals surface area (Å²) in [5.41, 5.74) is 8.72. The van der Waals surface area contributed by atoms with E-state index >= 15 is 0 Å². The largest absolute Gasteiger partial charge is 0.480 e. The van der Waals surface area contributed by atoms with Crippen LogP contribution in [0.1, 0.15) is 98.4 Å². The first-order valence-electron chi connectivity index (χ1n) is 20.4. The second-order valence-electron chi connectivity index (χ2n) is 15.3. The van der Waals surface area contributed by atoms with Gasteiger partial charge in [-0.25, -0.2) is 0 Å². The van der Waals surface area contributed by atoms with Crippen LogP contribution in [0.15, 0.2) is 108 Å². The molecule has 7 nitrogen and oxygen atoms in total. The Labute approximate surface area is 353 Å². The minimum Gasteiger partial charge on any atom is -0.480 e. The summed E-state index contributed by atoms with van der Waals surface area (Å²) in [6, 6.07) is 36.6. The molecule has 0 unspecified atom stereocenters. The van der Waals surface area contributed by atoms with Crippen molar-refractivity contribution >= 4 is 85.5 Å². The van der Waals surface area contributed by atoms with E-state index < -0.39 is 18.1 Å². The van der Waals surface area contributed by atoms with E-state index in [1.54, 1.807) is 4.90 Å². The average molecular weight is 826 g/mol. The lowest BCUT2D eigenvalue weighted by Gasteiger charge is -2.27. The summed E-state index contributed by atoms with van der Waals surface area (Å²) in [6.45, 7) is 2.18. The zero-order valence-corrected chi connectivity index (χ0v) is 35.1. The van der Waals surface area contributed by atoms with Gasteiger partial charge < -0.3 is 10.0 Å². The lowest BCUT2D eigenvalue weighted by atomic mass is 9.95. The van der Waals surface area contributed by atoms with Crippen molar-refractivity contribution in [3.8, 4) is 0 Å². The maximum absolute atomic E-state index is 13.8. The monoisotopic (exact) mass is 825 g/mol. The van der Waals surface area contributed by atoms with Gasteiger partial charge in [0.05, 0.1) is 4.53 Å². The van der Waals surface area contributed by atoms with Crippen molar-refractivity contribution < 1.29 is 14.7 Å². The van der Waals surface area contributed by atoms with Crippen molar-refractivity contribution in [3.63, 3.8) is 0 Å². The van der Waals surface area contributed by atoms with Crippen LogP contribution < -0.4 is 19.7 Å². The van der Waals surface area contributed by atoms with Gasteiger partial charge in [0, 0.05) is 29.9 Å². The van der Waals surface area contributed by atoms with E-state index in [1.165, 1.54) is 63.1 Å². The van der Waals surface area contributed by atoms with E-state index in [-0.39, 0.29) is 5.91 Å². The number of hydrogen-bond donors (Lipinski definition) is 1. The number of thioether (sulfide) groups is 1. The van der Waals surface area contributed by atoms with Gasteiger partial charge in [0.15, 0.2) is 0 Å². The number of hydrogen-bond acceptors (Lipinski definition) is 7. The van der Waals surface area contributed by atoms with Crippen molar-refractivity contribution in [2.75, 3.05) is 11.4 Å². The number of carbonyl (C=O) groups excluding carboxylic acids is 1. The van der Waals surface area contributed by atoms with Crippen molar-refractivity contribution in [2.45, 2.75) is 83.2 Å². The van der Waals surface area contributed by atoms with E-state index in [0.29, 0.717) is 36.9 Å². The van der Waals surface area contributed by atoms with Crippen molar-refractivity contribution in [3.05, 3.63) is 150 Å². The molecule has 4 aromatic carbocycles. The van der Waals surface area contributed by atoms with Crippen LogP contribution in [0.3, 0.4) is 0 Å². The van der Waals surface area contributed by atoms with Gasteiger partial charge in [-0.15, -0.1) is 11.3 Å². The second-order valence-corrected chi connectivity index (χ2v) is 18.0. The first-order chi connectivity index (χ1) is 28.3. The fraction of sp³-hybridized carbons (Fsp3) is 0.292. The molecule has 1 aromatic heterocycles. The summed E-state index contributed by atoms with van der Waals surface area (Å²) in [5.74, 6) is -1.02. The van der Waals surface area contributed by atoms with Crippen molar-refractivity contribution in [1.82, 2.24) is 9.47 Å². The third kappa shape index (κ3) is 8.28. The summed E-state index contributed by atoms with van der Waals surface area (Å²) in [7, 11) is 0. The number of amides is 1. The second kappa shape index (κ2) is 17.9. The van der Waals surface area contributed by atoms with Crippen LogP contribution in [0.4, 0.5) is 11.4 Å². The highest BCUT2D eigenvalue weighted by Crippen LogP contribution is 2.52. The summed E-state index contributed by atoms with van der Waals surface area (Å²) in [4.78, 5) is 43.9. The predicted molar refractivity (Wildman–Crippen MR) is 243 cm³/mol. The Bertz CT molecular complexity index is 2500. The molecule has 2 aliphatic heterocycles. The Hall–Kier alpha value is -5.03. The number of aliphatic carboxylic acids is 1. The van der Waals surface area contributed by atoms with Gasteiger partial charge in [-0.3, -0.25) is 23.9 Å². The van der Waals surface area contributed by atoms with E-state index in [1.807, 2.05) is 24.3 Å². The zero-order chi connectivity index (χ0) is 40.2. The summed E-state index contributed by atoms with van der Waals surface area (Å²) in [5, 5.41) is 9.78. The number of carboxylic acids is 1. The number of benzene rings is 4. The van der Waals surface area contributed by atoms with Crippen LogP contribution in [0.2, 0.25) is 0 Å². The number of nitrogens with zero attached hydrogens (tertiary/aromatic N) is 3. The molecule has 0 spiro atoms. The highest BCUT2D eigenvalue weighted by atomic mass is 32.2. The van der Waals surface area contributed by atoms with Gasteiger partial charge in [-0.05, 0) is 89.1 Å². The number of carbonyl (C=O) groups is 2. The van der Waals surface area contributed by atoms with Gasteiger partial charge in [0.25, 0.3) is 11.5 Å². The molecule has 5 aromatic rings. The van der Waals surface area contributed by atoms with Crippen LogP contribution in [0.25, 0.3) is 22.6 Å². The summed E-state index contributed by atoms with van der Waals surface area (Å²) >= 11 is 7.94. The number of rotatable bonds is 14. The molecule has 1 saturated heterocycles. The maximum atomic E-state index is 13.8. The Kier molecular flexibility index (Phi) is 12.2. The van der Waals surface area contributed by atoms with Crippen molar-refractivity contribution in [1.29, 1.82) is 0 Å². The Morgan fingerprint density at radius 3 is 2.21 bits per heavy atom. The number of aromatic nitrogens is 1. The van der Waals surface area contributed by atoms with Gasteiger partial charge >= 0.3 is 5.97 Å². The average Bonchev–Trinajstić information content (AvgIpc) is 3.98. The van der Waals surface area contributed by atoms with Crippen LogP contribution >= 0.6 is 35.3 Å². The number of unbranched alkanes of at least 4 members (excludes halogenated alkanes) is 5. The smallest absolute Gasteiger partial charge is 0.323 e. The third-order valence-electron chi connectivity index (χ3n) is 11.5. The SMILES string of the molecule is CCCCCCCCN1C(=O)/C(=c2\s/c(=C/c3ccc4c(c3)[C@@H]3CCC[C@H]3N4c3ccc(C=C(c4ccccc4)c4ccccc4)cc3)c(=O)n2CC(=O)O)SC1=S. The molecule has 1 amide bonds. The number of fused-ring (bicyclic) bond motifs is 3. The molecule has 296 valence electrons. The number of thiazole rings is 1. The topological polar surface area (TPSA) is 82.9 Å². The van der Waals surface area contributed by atoms with Crippen LogP contribution in [-0.2, 0) is 16.1 Å². The zero-order valence-electron chi connectivity index (χ0n) is 32.6. The summed E-state index contributed by atoms with van der Waals surface area (Å²) < 4.78 is 2.41. The molecule has 3 aliphatic rings. The van der Waals surface area contributed by atoms with Gasteiger partial charge in [0.1, 0.15) is 20.4 Å². The van der Waals surface area contributed by atoms with E-state index in [4.69, 9.17) is 12.2 Å². The lowest BCUT2D eigenvalue weighted by molar-refractivity contribution is -0.137. The van der Waals surface area contributed by atoms with Crippen LogP contribution in [0.5, 0.6) is 0 Å². The quantitative estimate of drug-likeness (QED) is 0.0679.